The third-order valence-corrected chi connectivity index (χ3v) is 3.46. The van der Waals surface area contributed by atoms with E-state index in [-0.39, 0.29) is 38.4 Å². The van der Waals surface area contributed by atoms with E-state index in [1.165, 1.54) is 4.90 Å². The van der Waals surface area contributed by atoms with Gasteiger partial charge in [-0.1, -0.05) is 0 Å². The maximum Gasteiger partial charge on any atom is 0.242 e. The summed E-state index contributed by atoms with van der Waals surface area (Å²) in [6.45, 7) is 0.319. The number of hydrogen-bond acceptors (Lipinski definition) is 4. The number of aliphatic hydroxyl groups is 1. The van der Waals surface area contributed by atoms with E-state index in [0.29, 0.717) is 11.2 Å². The lowest BCUT2D eigenvalue weighted by Gasteiger charge is -2.36. The fourth-order valence-corrected chi connectivity index (χ4v) is 2.49. The zero-order chi connectivity index (χ0) is 12.6. The number of carbonyl (C=O) groups is 3. The zero-order valence-electron chi connectivity index (χ0n) is 9.39. The van der Waals surface area contributed by atoms with Gasteiger partial charge >= 0.3 is 0 Å². The molecule has 17 heavy (non-hydrogen) atoms. The number of imide groups is 1. The molecule has 2 aliphatic heterocycles. The van der Waals surface area contributed by atoms with E-state index in [0.717, 1.165) is 0 Å². The van der Waals surface area contributed by atoms with E-state index in [9.17, 15) is 14.4 Å². The summed E-state index contributed by atoms with van der Waals surface area (Å²) in [7, 11) is 5.40. The van der Waals surface area contributed by atoms with Gasteiger partial charge in [0.15, 0.2) is 0 Å². The van der Waals surface area contributed by atoms with Crippen molar-refractivity contribution in [2.75, 3.05) is 19.7 Å². The lowest BCUT2D eigenvalue weighted by atomic mass is 9.77. The Morgan fingerprint density at radius 2 is 2.00 bits per heavy atom. The first-order valence-corrected chi connectivity index (χ1v) is 5.51. The van der Waals surface area contributed by atoms with Crippen molar-refractivity contribution in [1.29, 1.82) is 0 Å². The molecule has 0 aliphatic carbocycles. The van der Waals surface area contributed by atoms with Crippen LogP contribution in [0.1, 0.15) is 19.3 Å². The van der Waals surface area contributed by atoms with Gasteiger partial charge in [0.05, 0.1) is 12.0 Å². The molecule has 1 N–H and O–H groups in total. The van der Waals surface area contributed by atoms with Gasteiger partial charge in [-0.25, -0.2) is 0 Å². The van der Waals surface area contributed by atoms with Crippen LogP contribution in [0.2, 0.25) is 0 Å². The van der Waals surface area contributed by atoms with Crippen LogP contribution in [0.25, 0.3) is 0 Å². The highest BCUT2D eigenvalue weighted by Crippen LogP contribution is 2.40. The number of aliphatic hydroxyl groups excluding tert-OH is 1. The van der Waals surface area contributed by atoms with Crippen molar-refractivity contribution in [2.45, 2.75) is 19.3 Å². The van der Waals surface area contributed by atoms with Crippen molar-refractivity contribution in [3.63, 3.8) is 0 Å². The number of piperidine rings is 1. The molecule has 1 unspecified atom stereocenters. The van der Waals surface area contributed by atoms with E-state index in [4.69, 9.17) is 13.1 Å². The molecule has 0 aromatic carbocycles. The highest BCUT2D eigenvalue weighted by atomic mass is 16.3. The molecule has 0 bridgehead atoms. The van der Waals surface area contributed by atoms with E-state index < -0.39 is 17.2 Å². The lowest BCUT2D eigenvalue weighted by molar-refractivity contribution is -0.150. The summed E-state index contributed by atoms with van der Waals surface area (Å²) in [6, 6.07) is 0. The smallest absolute Gasteiger partial charge is 0.242 e. The van der Waals surface area contributed by atoms with Crippen molar-refractivity contribution >= 4 is 25.7 Å². The summed E-state index contributed by atoms with van der Waals surface area (Å²) in [6.07, 6.45) is 0.612. The van der Waals surface area contributed by atoms with E-state index in [1.54, 1.807) is 0 Å². The minimum absolute atomic E-state index is 0.0762. The first kappa shape index (κ1) is 12.1. The fourth-order valence-electron chi connectivity index (χ4n) is 2.49. The van der Waals surface area contributed by atoms with Crippen molar-refractivity contribution in [3.8, 4) is 0 Å². The summed E-state index contributed by atoms with van der Waals surface area (Å²) in [5, 5.41) is 8.82. The Morgan fingerprint density at radius 1 is 1.29 bits per heavy atom. The summed E-state index contributed by atoms with van der Waals surface area (Å²) >= 11 is 0. The van der Waals surface area contributed by atoms with Gasteiger partial charge in [0.25, 0.3) is 0 Å². The summed E-state index contributed by atoms with van der Waals surface area (Å²) in [4.78, 5) is 37.0. The third kappa shape index (κ3) is 1.84. The van der Waals surface area contributed by atoms with Gasteiger partial charge in [0.2, 0.25) is 25.7 Å². The number of hydrogen-bond donors (Lipinski definition) is 1. The van der Waals surface area contributed by atoms with Crippen LogP contribution < -0.4 is 0 Å². The summed E-state index contributed by atoms with van der Waals surface area (Å²) in [5.74, 6) is -1.06. The predicted molar refractivity (Wildman–Crippen MR) is 57.6 cm³/mol. The standard InChI is InChI=1S/C10H13BN2O4/c11-13-7(15)1-2-10(9(13)17)5-8(16)12(6-10)3-4-14/h14H,1-6H2. The van der Waals surface area contributed by atoms with Gasteiger partial charge in [-0.05, 0) is 6.42 Å². The zero-order valence-corrected chi connectivity index (χ0v) is 9.39. The van der Waals surface area contributed by atoms with Crippen molar-refractivity contribution in [3.05, 3.63) is 0 Å². The van der Waals surface area contributed by atoms with E-state index in [2.05, 4.69) is 0 Å². The Kier molecular flexibility index (Phi) is 2.95. The van der Waals surface area contributed by atoms with Crippen molar-refractivity contribution in [1.82, 2.24) is 9.71 Å². The van der Waals surface area contributed by atoms with Gasteiger partial charge < -0.3 is 14.8 Å². The molecule has 2 rings (SSSR count). The Bertz CT molecular complexity index is 387. The molecular weight excluding hydrogens is 223 g/mol. The Hall–Kier alpha value is -1.37. The minimum Gasteiger partial charge on any atom is -0.395 e. The maximum absolute atomic E-state index is 12.0. The highest BCUT2D eigenvalue weighted by Gasteiger charge is 2.52. The summed E-state index contributed by atoms with van der Waals surface area (Å²) in [5.41, 5.74) is -0.866. The van der Waals surface area contributed by atoms with Gasteiger partial charge in [-0.15, -0.1) is 0 Å². The molecule has 2 saturated heterocycles. The molecule has 2 heterocycles. The molecule has 90 valence electrons. The molecule has 2 aliphatic rings. The summed E-state index contributed by atoms with van der Waals surface area (Å²) < 4.78 is 0. The van der Waals surface area contributed by atoms with Crippen LogP contribution in [-0.4, -0.2) is 60.2 Å². The van der Waals surface area contributed by atoms with E-state index in [1.807, 2.05) is 0 Å². The molecule has 6 nitrogen and oxygen atoms in total. The Morgan fingerprint density at radius 3 is 2.65 bits per heavy atom. The molecule has 1 atom stereocenters. The average molecular weight is 236 g/mol. The number of amides is 3. The number of rotatable bonds is 2. The lowest BCUT2D eigenvalue weighted by Crippen LogP contribution is -2.51. The molecular formula is C10H13BN2O4. The molecule has 7 heteroatoms. The van der Waals surface area contributed by atoms with Crippen molar-refractivity contribution in [2.24, 2.45) is 5.41 Å². The van der Waals surface area contributed by atoms with Crippen LogP contribution in [-0.2, 0) is 14.4 Å². The third-order valence-electron chi connectivity index (χ3n) is 3.46. The van der Waals surface area contributed by atoms with Gasteiger partial charge in [0, 0.05) is 25.9 Å². The minimum atomic E-state index is -0.866. The second kappa shape index (κ2) is 4.14. The van der Waals surface area contributed by atoms with Crippen molar-refractivity contribution < 1.29 is 19.5 Å². The first-order valence-electron chi connectivity index (χ1n) is 5.51. The second-order valence-corrected chi connectivity index (χ2v) is 4.56. The molecule has 0 saturated carbocycles. The van der Waals surface area contributed by atoms with Gasteiger partial charge in [-0.2, -0.15) is 0 Å². The fraction of sp³-hybridized carbons (Fsp3) is 0.700. The number of likely N-dealkylation sites (tertiary alicyclic amines) is 1. The quantitative estimate of drug-likeness (QED) is 0.464. The number of carbonyl (C=O) groups excluding carboxylic acids is 3. The monoisotopic (exact) mass is 236 g/mol. The highest BCUT2D eigenvalue weighted by molar-refractivity contribution is 6.26. The SMILES string of the molecule is [B]N1C(=O)CCC2(CC(=O)N(CCO)C2)C1=O. The second-order valence-electron chi connectivity index (χ2n) is 4.56. The van der Waals surface area contributed by atoms with Crippen LogP contribution in [0.15, 0.2) is 0 Å². The molecule has 0 aromatic heterocycles. The van der Waals surface area contributed by atoms with Crippen LogP contribution in [0.5, 0.6) is 0 Å². The number of β-amino-alcohol motifs (C(OH)–C–C–N with tert-alkyl or cyclic N) is 1. The van der Waals surface area contributed by atoms with Crippen LogP contribution in [0.3, 0.4) is 0 Å². The largest absolute Gasteiger partial charge is 0.395 e. The topological polar surface area (TPSA) is 77.9 Å². The van der Waals surface area contributed by atoms with Gasteiger partial charge in [-0.3, -0.25) is 14.4 Å². The Labute approximate surface area is 100.0 Å². The molecule has 2 fully saturated rings. The first-order chi connectivity index (χ1) is 8.00. The predicted octanol–water partition coefficient (Wildman–Crippen LogP) is -1.57. The van der Waals surface area contributed by atoms with Crippen LogP contribution >= 0.6 is 0 Å². The molecule has 2 radical (unpaired) electrons. The van der Waals surface area contributed by atoms with Crippen LogP contribution in [0, 0.1) is 5.41 Å². The molecule has 1 spiro atoms. The average Bonchev–Trinajstić information content (AvgIpc) is 2.61. The number of nitrogens with zero attached hydrogens (tertiary/aromatic N) is 2. The Balaban J connectivity index is 2.19. The van der Waals surface area contributed by atoms with E-state index >= 15 is 0 Å². The van der Waals surface area contributed by atoms with Gasteiger partial charge in [0.1, 0.15) is 0 Å². The maximum atomic E-state index is 12.0. The molecule has 0 aromatic rings. The normalized spacial score (nSPS) is 29.6. The van der Waals surface area contributed by atoms with Crippen LogP contribution in [0.4, 0.5) is 0 Å². The molecule has 3 amide bonds.